The second-order valence-electron chi connectivity index (χ2n) is 3.78. The summed E-state index contributed by atoms with van der Waals surface area (Å²) in [5.74, 6) is -0.343. The van der Waals surface area contributed by atoms with E-state index in [-0.39, 0.29) is 31.8 Å². The average molecular weight is 205 g/mol. The van der Waals surface area contributed by atoms with Crippen molar-refractivity contribution in [2.75, 3.05) is 19.8 Å². The molecule has 0 rings (SSSR count). The number of ether oxygens (including phenoxy) is 1. The quantitative estimate of drug-likeness (QED) is 0.534. The fourth-order valence-corrected chi connectivity index (χ4v) is 0.744. The SMILES string of the molecule is CC(C)OCC(=O)NC(C)(CO)CO. The van der Waals surface area contributed by atoms with Crippen molar-refractivity contribution in [1.29, 1.82) is 0 Å². The molecule has 84 valence electrons. The van der Waals surface area contributed by atoms with Gasteiger partial charge in [-0.25, -0.2) is 0 Å². The summed E-state index contributed by atoms with van der Waals surface area (Å²) >= 11 is 0. The number of hydrogen-bond acceptors (Lipinski definition) is 4. The molecule has 0 saturated heterocycles. The summed E-state index contributed by atoms with van der Waals surface area (Å²) in [4.78, 5) is 11.2. The molecule has 14 heavy (non-hydrogen) atoms. The van der Waals surface area contributed by atoms with Crippen LogP contribution >= 0.6 is 0 Å². The molecule has 0 heterocycles. The van der Waals surface area contributed by atoms with Crippen LogP contribution in [0.2, 0.25) is 0 Å². The molecular weight excluding hydrogens is 186 g/mol. The van der Waals surface area contributed by atoms with E-state index in [1.54, 1.807) is 6.92 Å². The molecule has 0 aliphatic rings. The largest absolute Gasteiger partial charge is 0.394 e. The molecule has 0 aliphatic heterocycles. The minimum atomic E-state index is -0.975. The summed E-state index contributed by atoms with van der Waals surface area (Å²) in [6, 6.07) is 0. The van der Waals surface area contributed by atoms with Crippen LogP contribution in [0.25, 0.3) is 0 Å². The van der Waals surface area contributed by atoms with Crippen LogP contribution in [0.4, 0.5) is 0 Å². The zero-order chi connectivity index (χ0) is 11.2. The Morgan fingerprint density at radius 3 is 2.29 bits per heavy atom. The highest BCUT2D eigenvalue weighted by Crippen LogP contribution is 2.00. The Morgan fingerprint density at radius 2 is 1.93 bits per heavy atom. The van der Waals surface area contributed by atoms with E-state index < -0.39 is 5.54 Å². The zero-order valence-corrected chi connectivity index (χ0v) is 8.91. The molecule has 3 N–H and O–H groups in total. The third-order valence-corrected chi connectivity index (χ3v) is 1.69. The summed E-state index contributed by atoms with van der Waals surface area (Å²) in [5, 5.41) is 20.3. The van der Waals surface area contributed by atoms with Gasteiger partial charge in [-0.3, -0.25) is 4.79 Å². The average Bonchev–Trinajstić information content (AvgIpc) is 2.14. The van der Waals surface area contributed by atoms with Gasteiger partial charge in [0.15, 0.2) is 0 Å². The lowest BCUT2D eigenvalue weighted by Gasteiger charge is -2.26. The van der Waals surface area contributed by atoms with E-state index in [9.17, 15) is 4.79 Å². The van der Waals surface area contributed by atoms with Gasteiger partial charge in [0.1, 0.15) is 6.61 Å². The summed E-state index contributed by atoms with van der Waals surface area (Å²) in [6.45, 7) is 4.52. The van der Waals surface area contributed by atoms with Gasteiger partial charge in [0.25, 0.3) is 0 Å². The van der Waals surface area contributed by atoms with E-state index in [0.29, 0.717) is 0 Å². The number of aliphatic hydroxyl groups excluding tert-OH is 2. The number of aliphatic hydroxyl groups is 2. The van der Waals surface area contributed by atoms with Crippen LogP contribution in [-0.4, -0.2) is 47.6 Å². The maximum atomic E-state index is 11.2. The van der Waals surface area contributed by atoms with E-state index >= 15 is 0 Å². The molecule has 0 atom stereocenters. The summed E-state index contributed by atoms with van der Waals surface area (Å²) < 4.78 is 5.06. The number of hydrogen-bond donors (Lipinski definition) is 3. The normalized spacial score (nSPS) is 11.9. The van der Waals surface area contributed by atoms with E-state index in [1.165, 1.54) is 0 Å². The van der Waals surface area contributed by atoms with Gasteiger partial charge in [-0.1, -0.05) is 0 Å². The summed E-state index contributed by atoms with van der Waals surface area (Å²) in [6.07, 6.45) is -0.0183. The molecule has 0 saturated carbocycles. The molecular formula is C9H19NO4. The first-order valence-electron chi connectivity index (χ1n) is 4.58. The summed E-state index contributed by atoms with van der Waals surface area (Å²) in [7, 11) is 0. The van der Waals surface area contributed by atoms with Crippen molar-refractivity contribution in [3.05, 3.63) is 0 Å². The molecule has 0 spiro atoms. The first-order valence-corrected chi connectivity index (χ1v) is 4.58. The molecule has 0 aromatic carbocycles. The Hall–Kier alpha value is -0.650. The standard InChI is InChI=1S/C9H19NO4/c1-7(2)14-4-8(13)10-9(3,5-11)6-12/h7,11-12H,4-6H2,1-3H3,(H,10,13). The maximum absolute atomic E-state index is 11.2. The molecule has 0 aromatic rings. The van der Waals surface area contributed by atoms with E-state index in [1.807, 2.05) is 13.8 Å². The van der Waals surface area contributed by atoms with Crippen LogP contribution in [0.1, 0.15) is 20.8 Å². The molecule has 0 bridgehead atoms. The van der Waals surface area contributed by atoms with Crippen molar-refractivity contribution in [1.82, 2.24) is 5.32 Å². The van der Waals surface area contributed by atoms with Crippen LogP contribution in [0.3, 0.4) is 0 Å². The summed E-state index contributed by atoms with van der Waals surface area (Å²) in [5.41, 5.74) is -0.975. The van der Waals surface area contributed by atoms with Crippen LogP contribution in [0.5, 0.6) is 0 Å². The third-order valence-electron chi connectivity index (χ3n) is 1.69. The molecule has 0 unspecified atom stereocenters. The minimum absolute atomic E-state index is 0.0183. The Bertz CT molecular complexity index is 178. The van der Waals surface area contributed by atoms with Crippen molar-refractivity contribution < 1.29 is 19.7 Å². The first kappa shape index (κ1) is 13.4. The Balaban J connectivity index is 3.92. The molecule has 0 aromatic heterocycles. The van der Waals surface area contributed by atoms with Gasteiger partial charge in [0.05, 0.1) is 24.9 Å². The molecule has 5 heteroatoms. The van der Waals surface area contributed by atoms with Gasteiger partial charge in [-0.05, 0) is 20.8 Å². The molecule has 0 fully saturated rings. The number of amides is 1. The van der Waals surface area contributed by atoms with Crippen molar-refractivity contribution in [2.45, 2.75) is 32.4 Å². The van der Waals surface area contributed by atoms with Crippen LogP contribution in [-0.2, 0) is 9.53 Å². The van der Waals surface area contributed by atoms with Gasteiger partial charge in [0.2, 0.25) is 5.91 Å². The Morgan fingerprint density at radius 1 is 1.43 bits per heavy atom. The number of rotatable bonds is 6. The number of nitrogens with one attached hydrogen (secondary N) is 1. The second kappa shape index (κ2) is 5.95. The van der Waals surface area contributed by atoms with E-state index in [0.717, 1.165) is 0 Å². The highest BCUT2D eigenvalue weighted by Gasteiger charge is 2.24. The number of carbonyl (C=O) groups excluding carboxylic acids is 1. The van der Waals surface area contributed by atoms with Gasteiger partial charge in [-0.15, -0.1) is 0 Å². The van der Waals surface area contributed by atoms with Crippen molar-refractivity contribution >= 4 is 5.91 Å². The van der Waals surface area contributed by atoms with Gasteiger partial charge >= 0.3 is 0 Å². The van der Waals surface area contributed by atoms with E-state index in [4.69, 9.17) is 14.9 Å². The molecule has 0 aliphatic carbocycles. The monoisotopic (exact) mass is 205 g/mol. The topological polar surface area (TPSA) is 78.8 Å². The van der Waals surface area contributed by atoms with Crippen molar-refractivity contribution in [2.24, 2.45) is 0 Å². The van der Waals surface area contributed by atoms with Crippen LogP contribution in [0.15, 0.2) is 0 Å². The fraction of sp³-hybridized carbons (Fsp3) is 0.889. The van der Waals surface area contributed by atoms with Gasteiger partial charge in [-0.2, -0.15) is 0 Å². The highest BCUT2D eigenvalue weighted by molar-refractivity contribution is 5.78. The maximum Gasteiger partial charge on any atom is 0.246 e. The Kier molecular flexibility index (Phi) is 5.68. The molecule has 0 radical (unpaired) electrons. The third kappa shape index (κ3) is 5.16. The predicted molar refractivity (Wildman–Crippen MR) is 51.8 cm³/mol. The highest BCUT2D eigenvalue weighted by atomic mass is 16.5. The smallest absolute Gasteiger partial charge is 0.246 e. The van der Waals surface area contributed by atoms with Crippen molar-refractivity contribution in [3.8, 4) is 0 Å². The minimum Gasteiger partial charge on any atom is -0.394 e. The van der Waals surface area contributed by atoms with E-state index in [2.05, 4.69) is 5.32 Å². The second-order valence-corrected chi connectivity index (χ2v) is 3.78. The molecule has 5 nitrogen and oxygen atoms in total. The van der Waals surface area contributed by atoms with Crippen LogP contribution < -0.4 is 5.32 Å². The predicted octanol–water partition coefficient (Wildman–Crippen LogP) is -0.729. The fourth-order valence-electron chi connectivity index (χ4n) is 0.744. The first-order chi connectivity index (χ1) is 6.43. The molecule has 1 amide bonds. The van der Waals surface area contributed by atoms with Crippen LogP contribution in [0, 0.1) is 0 Å². The lowest BCUT2D eigenvalue weighted by Crippen LogP contribution is -2.52. The number of carbonyl (C=O) groups is 1. The lowest BCUT2D eigenvalue weighted by atomic mass is 10.1. The van der Waals surface area contributed by atoms with Gasteiger partial charge in [0, 0.05) is 0 Å². The van der Waals surface area contributed by atoms with Crippen molar-refractivity contribution in [3.63, 3.8) is 0 Å². The lowest BCUT2D eigenvalue weighted by molar-refractivity contribution is -0.130. The zero-order valence-electron chi connectivity index (χ0n) is 8.91. The van der Waals surface area contributed by atoms with Gasteiger partial charge < -0.3 is 20.3 Å². The Labute approximate surface area is 84.1 Å².